The lowest BCUT2D eigenvalue weighted by molar-refractivity contribution is -0.218. The van der Waals surface area contributed by atoms with Crippen LogP contribution in [0, 0.1) is 0 Å². The van der Waals surface area contributed by atoms with Crippen molar-refractivity contribution in [2.45, 2.75) is 62.8 Å². The van der Waals surface area contributed by atoms with Crippen molar-refractivity contribution >= 4 is 62.8 Å². The number of thiazole rings is 1. The van der Waals surface area contributed by atoms with Crippen LogP contribution in [0.4, 0.5) is 5.13 Å². The maximum atomic E-state index is 13.5. The van der Waals surface area contributed by atoms with Gasteiger partial charge in [0.15, 0.2) is 22.9 Å². The lowest BCUT2D eigenvalue weighted by atomic mass is 9.84. The topological polar surface area (TPSA) is 320 Å². The Morgan fingerprint density at radius 1 is 1.35 bits per heavy atom. The number of anilines is 1. The highest BCUT2D eigenvalue weighted by atomic mass is 32.3. The van der Waals surface area contributed by atoms with Crippen LogP contribution in [0.1, 0.15) is 49.9 Å². The van der Waals surface area contributed by atoms with Crippen LogP contribution in [0.15, 0.2) is 33.7 Å². The van der Waals surface area contributed by atoms with E-state index in [4.69, 9.17) is 35.5 Å². The number of hydrogen-bond acceptors (Lipinski definition) is 17. The summed E-state index contributed by atoms with van der Waals surface area (Å²) in [6.07, 6.45) is -0.331. The molecule has 52 heavy (non-hydrogen) atoms. The van der Waals surface area contributed by atoms with E-state index in [0.29, 0.717) is 49.4 Å². The van der Waals surface area contributed by atoms with Crippen molar-refractivity contribution < 1.29 is 56.2 Å². The number of nitrogens with one attached hydrogen (secondary N) is 3. The van der Waals surface area contributed by atoms with Crippen molar-refractivity contribution in [2.24, 2.45) is 15.9 Å². The van der Waals surface area contributed by atoms with E-state index in [1.54, 1.807) is 6.07 Å². The number of β-lactam (4-membered cyclic amide) rings is 1. The zero-order valence-corrected chi connectivity index (χ0v) is 29.8. The molecule has 1 fully saturated rings. The highest BCUT2D eigenvalue weighted by Gasteiger charge is 2.58. The molecule has 4 atom stereocenters. The van der Waals surface area contributed by atoms with E-state index < -0.39 is 57.2 Å². The van der Waals surface area contributed by atoms with Gasteiger partial charge in [-0.05, 0) is 50.8 Å². The lowest BCUT2D eigenvalue weighted by Crippen LogP contribution is -2.76. The number of guanidine groups is 1. The van der Waals surface area contributed by atoms with Gasteiger partial charge in [-0.3, -0.25) is 23.9 Å². The molecule has 284 valence electrons. The molecule has 1 aromatic carbocycles. The molecule has 0 saturated carbocycles. The number of nitrogens with two attached hydrogens (primary N) is 2. The third kappa shape index (κ3) is 8.85. The number of hydroxylamine groups is 2. The van der Waals surface area contributed by atoms with E-state index >= 15 is 0 Å². The minimum absolute atomic E-state index is 0.0652. The van der Waals surface area contributed by atoms with E-state index in [2.05, 4.69) is 35.4 Å². The fourth-order valence-electron chi connectivity index (χ4n) is 5.52. The van der Waals surface area contributed by atoms with E-state index in [1.165, 1.54) is 26.2 Å². The molecule has 21 nitrogen and oxygen atoms in total. The number of oxime groups is 1. The van der Waals surface area contributed by atoms with Gasteiger partial charge in [-0.2, -0.15) is 13.5 Å². The number of carbonyl (C=O) groups is 4. The predicted molar refractivity (Wildman–Crippen MR) is 184 cm³/mol. The van der Waals surface area contributed by atoms with Gasteiger partial charge in [0.25, 0.3) is 23.9 Å². The Balaban J connectivity index is 0.00000195. The zero-order valence-electron chi connectivity index (χ0n) is 28.1. The maximum Gasteiger partial charge on any atom is 0.418 e. The molecule has 4 unspecified atom stereocenters. The second-order valence-electron chi connectivity index (χ2n) is 12.3. The van der Waals surface area contributed by atoms with Crippen LogP contribution in [0.5, 0.6) is 5.75 Å². The van der Waals surface area contributed by atoms with Gasteiger partial charge in [0.05, 0.1) is 12.1 Å². The van der Waals surface area contributed by atoms with Crippen molar-refractivity contribution in [3.05, 3.63) is 40.4 Å². The Hall–Kier alpha value is -5.10. The number of amides is 2. The number of carboxylic acid groups (broad SMARTS) is 2. The first-order valence-electron chi connectivity index (χ1n) is 15.6. The van der Waals surface area contributed by atoms with E-state index in [0.717, 1.165) is 22.5 Å². The molecule has 1 aromatic heterocycles. The average Bonchev–Trinajstić information content (AvgIpc) is 3.53. The molecule has 23 heteroatoms. The van der Waals surface area contributed by atoms with Gasteiger partial charge in [-0.15, -0.1) is 15.6 Å². The maximum absolute atomic E-state index is 13.5. The quantitative estimate of drug-likeness (QED) is 0.0414. The van der Waals surface area contributed by atoms with Gasteiger partial charge < -0.3 is 47.2 Å². The van der Waals surface area contributed by atoms with Crippen LogP contribution in [0.25, 0.3) is 0 Å². The second kappa shape index (κ2) is 16.1. The predicted octanol–water partition coefficient (Wildman–Crippen LogP) is -1.18. The Morgan fingerprint density at radius 3 is 2.62 bits per heavy atom. The van der Waals surface area contributed by atoms with Gasteiger partial charge in [0, 0.05) is 30.9 Å². The molecular formula is C29H39N9O12S2. The number of nitrogen functional groups attached to an aromatic ring is 1. The van der Waals surface area contributed by atoms with Gasteiger partial charge in [0.1, 0.15) is 17.5 Å². The Morgan fingerprint density at radius 2 is 2.06 bits per heavy atom. The number of aromatic nitrogens is 1. The number of carboxylic acids is 1. The fraction of sp³-hybridized carbons (Fsp3) is 0.483. The fourth-order valence-corrected chi connectivity index (χ4v) is 6.52. The molecule has 0 spiro atoms. The first-order valence-corrected chi connectivity index (χ1v) is 17.8. The van der Waals surface area contributed by atoms with E-state index in [1.807, 2.05) is 12.1 Å². The molecular weight excluding hydrogens is 731 g/mol. The molecule has 4 heterocycles. The number of fused-ring (bicyclic) bond motifs is 1. The van der Waals surface area contributed by atoms with Gasteiger partial charge in [0.2, 0.25) is 0 Å². The lowest BCUT2D eigenvalue weighted by Gasteiger charge is -2.50. The molecule has 0 bridgehead atoms. The number of aliphatic imine (C=N–C) groups is 1. The number of benzene rings is 1. The van der Waals surface area contributed by atoms with Gasteiger partial charge in [-0.1, -0.05) is 17.3 Å². The van der Waals surface area contributed by atoms with Gasteiger partial charge in [-0.25, -0.2) is 9.78 Å². The SMILES string of the molecule is CC(ON=C(C(=O)NC1C(=O)N(OS(=O)(=O)O)C1(C)C)c1csc(N)n1)(C(=O)O)C1CCc2cc(C3CN=C(NCCN)NC3)ccc2O1.O=CO. The summed E-state index contributed by atoms with van der Waals surface area (Å²) < 4.78 is 41.8. The summed E-state index contributed by atoms with van der Waals surface area (Å²) in [5.74, 6) is -2.11. The smallest absolute Gasteiger partial charge is 0.418 e. The van der Waals surface area contributed by atoms with Crippen molar-refractivity contribution in [3.8, 4) is 5.75 Å². The Labute approximate surface area is 301 Å². The molecule has 2 amide bonds. The zero-order chi connectivity index (χ0) is 38.4. The van der Waals surface area contributed by atoms with Crippen molar-refractivity contribution in [2.75, 3.05) is 31.9 Å². The average molecular weight is 770 g/mol. The molecule has 0 aliphatic carbocycles. The standard InChI is InChI=1S/C28H37N9O10S2.CH2O2/c1-27(2)21(23(39)37(27)47-49(42,43)44)35-22(38)20(17-13-48-25(30)34-17)36-46-28(3,24(40)41)19-7-5-15-10-14(4-6-18(15)45-19)16-11-32-26(33-12-16)31-9-8-29;2-1-3/h4,6,10,13,16,19,21H,5,7-9,11-12,29H2,1-3H3,(H2,30,34)(H,35,38)(H,40,41)(H2,31,32,33)(H,42,43,44);1H,(H,2,3). The summed E-state index contributed by atoms with van der Waals surface area (Å²) in [6.45, 7) is 6.12. The van der Waals surface area contributed by atoms with E-state index in [9.17, 15) is 27.9 Å². The van der Waals surface area contributed by atoms with Crippen LogP contribution in [-0.4, -0.2) is 119 Å². The molecule has 0 radical (unpaired) electrons. The summed E-state index contributed by atoms with van der Waals surface area (Å²) in [5, 5.41) is 31.7. The van der Waals surface area contributed by atoms with Crippen molar-refractivity contribution in [3.63, 3.8) is 0 Å². The Kier molecular flexibility index (Phi) is 12.3. The summed E-state index contributed by atoms with van der Waals surface area (Å²) in [4.78, 5) is 61.3. The van der Waals surface area contributed by atoms with Crippen LogP contribution in [0.3, 0.4) is 0 Å². The summed E-state index contributed by atoms with van der Waals surface area (Å²) in [5.41, 5.74) is 9.13. The number of aryl methyl sites for hydroxylation is 1. The molecule has 2 aromatic rings. The number of hydrogen-bond donors (Lipinski definition) is 8. The number of carbonyl (C=O) groups excluding carboxylic acids is 2. The minimum atomic E-state index is -5.03. The number of rotatable bonds is 12. The largest absolute Gasteiger partial charge is 0.485 e. The summed E-state index contributed by atoms with van der Waals surface area (Å²) >= 11 is 0.971. The summed E-state index contributed by atoms with van der Waals surface area (Å²) in [7, 11) is -5.03. The highest BCUT2D eigenvalue weighted by molar-refractivity contribution is 7.80. The third-order valence-corrected chi connectivity index (χ3v) is 9.40. The first kappa shape index (κ1) is 39.7. The van der Waals surface area contributed by atoms with Crippen LogP contribution in [-0.2, 0) is 45.1 Å². The monoisotopic (exact) mass is 769 g/mol. The summed E-state index contributed by atoms with van der Waals surface area (Å²) in [6, 6.07) is 4.36. The molecule has 3 aliphatic rings. The Bertz CT molecular complexity index is 1850. The van der Waals surface area contributed by atoms with E-state index in [-0.39, 0.29) is 29.6 Å². The number of ether oxygens (including phenoxy) is 1. The normalized spacial score (nSPS) is 22.0. The van der Waals surface area contributed by atoms with Crippen LogP contribution >= 0.6 is 11.3 Å². The molecule has 3 aliphatic heterocycles. The first-order chi connectivity index (χ1) is 24.4. The third-order valence-electron chi connectivity index (χ3n) is 8.39. The van der Waals surface area contributed by atoms with Crippen molar-refractivity contribution in [1.82, 2.24) is 26.0 Å². The molecule has 10 N–H and O–H groups in total. The molecule has 5 rings (SSSR count). The van der Waals surface area contributed by atoms with Crippen molar-refractivity contribution in [1.29, 1.82) is 0 Å². The molecule has 1 saturated heterocycles. The van der Waals surface area contributed by atoms with Crippen LogP contribution in [0.2, 0.25) is 0 Å². The number of nitrogens with zero attached hydrogens (tertiary/aromatic N) is 4. The van der Waals surface area contributed by atoms with Gasteiger partial charge >= 0.3 is 16.4 Å². The highest BCUT2D eigenvalue weighted by Crippen LogP contribution is 2.36. The number of aliphatic carboxylic acids is 1. The second-order valence-corrected chi connectivity index (χ2v) is 14.2. The minimum Gasteiger partial charge on any atom is -0.485 e. The van der Waals surface area contributed by atoms with Crippen LogP contribution < -0.4 is 32.2 Å².